The second-order valence-corrected chi connectivity index (χ2v) is 9.80. The smallest absolute Gasteiger partial charge is 0.264 e. The number of ether oxygens (including phenoxy) is 1. The maximum atomic E-state index is 11.4. The molecule has 6 nitrogen and oxygen atoms in total. The van der Waals surface area contributed by atoms with Crippen LogP contribution in [0.4, 0.5) is 0 Å². The van der Waals surface area contributed by atoms with Gasteiger partial charge in [-0.15, -0.1) is 0 Å². The molecule has 2 N–H and O–H groups in total. The van der Waals surface area contributed by atoms with Crippen LogP contribution >= 0.6 is 0 Å². The van der Waals surface area contributed by atoms with E-state index in [-0.39, 0.29) is 13.2 Å². The molecule has 31 heavy (non-hydrogen) atoms. The van der Waals surface area contributed by atoms with Crippen LogP contribution in [0.15, 0.2) is 48.5 Å². The first-order valence-electron chi connectivity index (χ1n) is 10.3. The Kier molecular flexibility index (Phi) is 5.79. The van der Waals surface area contributed by atoms with Crippen LogP contribution in [0.3, 0.4) is 0 Å². The fourth-order valence-electron chi connectivity index (χ4n) is 4.05. The Bertz CT molecular complexity index is 1240. The topological polar surface area (TPSA) is 84.9 Å². The SMILES string of the molecule is CCOc1c(CNC(C)(CO)COS(C)(=O)=O)cc2c3c(cccc13)-c1ccccc1-2. The van der Waals surface area contributed by atoms with Gasteiger partial charge in [0.05, 0.1) is 31.6 Å². The molecular weight excluding hydrogens is 414 g/mol. The third kappa shape index (κ3) is 4.19. The number of rotatable bonds is 9. The average molecular weight is 442 g/mol. The van der Waals surface area contributed by atoms with E-state index in [1.165, 1.54) is 22.1 Å². The van der Waals surface area contributed by atoms with Gasteiger partial charge in [-0.2, -0.15) is 8.42 Å². The Morgan fingerprint density at radius 1 is 1.03 bits per heavy atom. The molecule has 0 saturated carbocycles. The molecule has 164 valence electrons. The molecule has 4 rings (SSSR count). The van der Waals surface area contributed by atoms with Crippen molar-refractivity contribution in [3.63, 3.8) is 0 Å². The van der Waals surface area contributed by atoms with Gasteiger partial charge in [-0.25, -0.2) is 0 Å². The number of hydrogen-bond donors (Lipinski definition) is 2. The van der Waals surface area contributed by atoms with E-state index in [9.17, 15) is 13.5 Å². The van der Waals surface area contributed by atoms with Crippen LogP contribution in [-0.4, -0.2) is 45.1 Å². The van der Waals surface area contributed by atoms with Crippen molar-refractivity contribution in [2.24, 2.45) is 0 Å². The van der Waals surface area contributed by atoms with Crippen LogP contribution < -0.4 is 10.1 Å². The highest BCUT2D eigenvalue weighted by Crippen LogP contribution is 2.50. The lowest BCUT2D eigenvalue weighted by Crippen LogP contribution is -2.49. The number of aliphatic hydroxyl groups excluding tert-OH is 1. The average Bonchev–Trinajstić information content (AvgIpc) is 3.08. The van der Waals surface area contributed by atoms with E-state index in [0.29, 0.717) is 13.2 Å². The molecule has 0 heterocycles. The normalized spacial score (nSPS) is 14.5. The monoisotopic (exact) mass is 441 g/mol. The van der Waals surface area contributed by atoms with Crippen molar-refractivity contribution in [2.45, 2.75) is 25.9 Å². The summed E-state index contributed by atoms with van der Waals surface area (Å²) in [7, 11) is -3.61. The number of nitrogens with one attached hydrogen (secondary N) is 1. The van der Waals surface area contributed by atoms with E-state index >= 15 is 0 Å². The van der Waals surface area contributed by atoms with Crippen molar-refractivity contribution in [1.29, 1.82) is 0 Å². The third-order valence-corrected chi connectivity index (χ3v) is 6.18. The van der Waals surface area contributed by atoms with Crippen LogP contribution in [0, 0.1) is 0 Å². The van der Waals surface area contributed by atoms with Crippen molar-refractivity contribution >= 4 is 20.9 Å². The molecule has 0 aromatic heterocycles. The summed E-state index contributed by atoms with van der Waals surface area (Å²) in [5.74, 6) is 0.799. The summed E-state index contributed by atoms with van der Waals surface area (Å²) in [5.41, 5.74) is 4.75. The van der Waals surface area contributed by atoms with Gasteiger partial charge < -0.3 is 15.2 Å². The lowest BCUT2D eigenvalue weighted by molar-refractivity contribution is 0.118. The molecule has 0 saturated heterocycles. The molecule has 0 fully saturated rings. The summed E-state index contributed by atoms with van der Waals surface area (Å²) < 4.78 is 33.8. The van der Waals surface area contributed by atoms with E-state index in [0.717, 1.165) is 28.5 Å². The molecule has 0 aliphatic heterocycles. The van der Waals surface area contributed by atoms with Crippen molar-refractivity contribution in [2.75, 3.05) is 26.1 Å². The highest BCUT2D eigenvalue weighted by atomic mass is 32.2. The predicted molar refractivity (Wildman–Crippen MR) is 123 cm³/mol. The quantitative estimate of drug-likeness (QED) is 0.385. The van der Waals surface area contributed by atoms with E-state index < -0.39 is 15.7 Å². The Balaban J connectivity index is 1.76. The van der Waals surface area contributed by atoms with Crippen LogP contribution in [0.1, 0.15) is 19.4 Å². The number of hydrogen-bond acceptors (Lipinski definition) is 6. The Morgan fingerprint density at radius 2 is 1.71 bits per heavy atom. The molecule has 0 spiro atoms. The van der Waals surface area contributed by atoms with Crippen molar-refractivity contribution in [1.82, 2.24) is 5.32 Å². The Labute approximate surface area is 182 Å². The van der Waals surface area contributed by atoms with Gasteiger partial charge in [0.2, 0.25) is 0 Å². The van der Waals surface area contributed by atoms with Crippen molar-refractivity contribution in [3.05, 3.63) is 54.1 Å². The molecule has 0 radical (unpaired) electrons. The molecule has 0 bridgehead atoms. The summed E-state index contributed by atoms with van der Waals surface area (Å²) in [6.45, 7) is 4.14. The summed E-state index contributed by atoms with van der Waals surface area (Å²) in [6.07, 6.45) is 0.998. The minimum atomic E-state index is -3.61. The van der Waals surface area contributed by atoms with Gasteiger partial charge in [0.25, 0.3) is 10.1 Å². The van der Waals surface area contributed by atoms with Crippen molar-refractivity contribution in [3.8, 4) is 28.0 Å². The first kappa shape index (κ1) is 21.8. The van der Waals surface area contributed by atoms with E-state index in [1.54, 1.807) is 6.92 Å². The second kappa shape index (κ2) is 8.24. The molecule has 1 atom stereocenters. The minimum Gasteiger partial charge on any atom is -0.493 e. The van der Waals surface area contributed by atoms with E-state index in [4.69, 9.17) is 8.92 Å². The summed E-state index contributed by atoms with van der Waals surface area (Å²) >= 11 is 0. The van der Waals surface area contributed by atoms with Gasteiger partial charge in [0, 0.05) is 22.9 Å². The highest BCUT2D eigenvalue weighted by Gasteiger charge is 2.28. The minimum absolute atomic E-state index is 0.167. The van der Waals surface area contributed by atoms with Crippen LogP contribution in [0.2, 0.25) is 0 Å². The fraction of sp³-hybridized carbons (Fsp3) is 0.333. The highest BCUT2D eigenvalue weighted by molar-refractivity contribution is 7.85. The Morgan fingerprint density at radius 3 is 2.35 bits per heavy atom. The van der Waals surface area contributed by atoms with Crippen LogP contribution in [-0.2, 0) is 20.8 Å². The second-order valence-electron chi connectivity index (χ2n) is 8.16. The van der Waals surface area contributed by atoms with Crippen molar-refractivity contribution < 1.29 is 22.4 Å². The Hall–Kier alpha value is -2.45. The molecule has 0 amide bonds. The largest absolute Gasteiger partial charge is 0.493 e. The van der Waals surface area contributed by atoms with Gasteiger partial charge >= 0.3 is 0 Å². The van der Waals surface area contributed by atoms with E-state index in [1.807, 2.05) is 25.1 Å². The zero-order chi connectivity index (χ0) is 22.2. The predicted octanol–water partition coefficient (Wildman–Crippen LogP) is 3.70. The van der Waals surface area contributed by atoms with Crippen LogP contribution in [0.25, 0.3) is 33.0 Å². The first-order valence-corrected chi connectivity index (χ1v) is 12.1. The first-order chi connectivity index (χ1) is 14.8. The molecule has 7 heteroatoms. The lowest BCUT2D eigenvalue weighted by Gasteiger charge is -2.28. The number of aliphatic hydroxyl groups is 1. The zero-order valence-corrected chi connectivity index (χ0v) is 18.8. The molecule has 1 aliphatic carbocycles. The molecule has 1 aliphatic rings. The lowest BCUT2D eigenvalue weighted by atomic mass is 9.97. The molecular formula is C24H27NO5S. The zero-order valence-electron chi connectivity index (χ0n) is 17.9. The van der Waals surface area contributed by atoms with Gasteiger partial charge in [-0.05, 0) is 42.2 Å². The fourth-order valence-corrected chi connectivity index (χ4v) is 4.52. The standard InChI is InChI=1S/C24H27NO5S/c1-4-29-23-16(13-25-24(2,14-26)15-30-31(3,27)28)12-21-18-9-6-5-8-17(18)19-10-7-11-20(23)22(19)21/h5-12,25-26H,4,13-15H2,1-3H3. The summed E-state index contributed by atoms with van der Waals surface area (Å²) in [4.78, 5) is 0. The summed E-state index contributed by atoms with van der Waals surface area (Å²) in [5, 5.41) is 15.4. The van der Waals surface area contributed by atoms with Gasteiger partial charge in [0.1, 0.15) is 5.75 Å². The molecule has 3 aromatic carbocycles. The maximum Gasteiger partial charge on any atom is 0.264 e. The number of benzene rings is 3. The summed E-state index contributed by atoms with van der Waals surface area (Å²) in [6, 6.07) is 16.7. The van der Waals surface area contributed by atoms with Gasteiger partial charge in [-0.1, -0.05) is 42.5 Å². The third-order valence-electron chi connectivity index (χ3n) is 5.63. The molecule has 3 aromatic rings. The number of fused-ring (bicyclic) bond motifs is 3. The molecule has 1 unspecified atom stereocenters. The maximum absolute atomic E-state index is 11.4. The van der Waals surface area contributed by atoms with Crippen LogP contribution in [0.5, 0.6) is 5.75 Å². The van der Waals surface area contributed by atoms with E-state index in [2.05, 4.69) is 35.6 Å². The van der Waals surface area contributed by atoms with Gasteiger partial charge in [0.15, 0.2) is 0 Å². The van der Waals surface area contributed by atoms with Gasteiger partial charge in [-0.3, -0.25) is 4.18 Å².